The molecule has 0 amide bonds. The molecule has 122 valence electrons. The number of ether oxygens (including phenoxy) is 1. The van der Waals surface area contributed by atoms with E-state index in [1.165, 1.54) is 0 Å². The Bertz CT molecular complexity index is 763. The molecule has 1 N–H and O–H groups in total. The zero-order chi connectivity index (χ0) is 16.6. The van der Waals surface area contributed by atoms with E-state index in [4.69, 9.17) is 16.3 Å². The highest BCUT2D eigenvalue weighted by Crippen LogP contribution is 2.26. The van der Waals surface area contributed by atoms with E-state index in [1.54, 1.807) is 6.20 Å². The summed E-state index contributed by atoms with van der Waals surface area (Å²) >= 11 is 6.33. The van der Waals surface area contributed by atoms with Crippen molar-refractivity contribution in [3.05, 3.63) is 94.8 Å². The Hall–Kier alpha value is -2.36. The monoisotopic (exact) mass is 338 g/mol. The summed E-state index contributed by atoms with van der Waals surface area (Å²) in [5.74, 6) is 0.703. The van der Waals surface area contributed by atoms with Gasteiger partial charge in [-0.05, 0) is 35.4 Å². The minimum Gasteiger partial charge on any atom is -0.487 e. The average molecular weight is 339 g/mol. The van der Waals surface area contributed by atoms with E-state index in [2.05, 4.69) is 10.3 Å². The van der Waals surface area contributed by atoms with Gasteiger partial charge in [0.05, 0.1) is 10.7 Å². The summed E-state index contributed by atoms with van der Waals surface area (Å²) in [6.45, 7) is 1.97. The summed E-state index contributed by atoms with van der Waals surface area (Å²) in [7, 11) is 0. The Kier molecular flexibility index (Phi) is 5.83. The van der Waals surface area contributed by atoms with Crippen LogP contribution in [0.1, 0.15) is 16.8 Å². The van der Waals surface area contributed by atoms with Crippen LogP contribution in [0.25, 0.3) is 0 Å². The van der Waals surface area contributed by atoms with Crippen molar-refractivity contribution in [3.8, 4) is 5.75 Å². The highest BCUT2D eigenvalue weighted by atomic mass is 35.5. The second-order valence-electron chi connectivity index (χ2n) is 5.46. The molecular formula is C20H19ClN2O. The number of benzene rings is 2. The summed E-state index contributed by atoms with van der Waals surface area (Å²) in [6.07, 6.45) is 1.80. The third-order valence-corrected chi connectivity index (χ3v) is 3.89. The highest BCUT2D eigenvalue weighted by Gasteiger charge is 2.04. The van der Waals surface area contributed by atoms with Gasteiger partial charge in [0.2, 0.25) is 0 Å². The minimum absolute atomic E-state index is 0.512. The Morgan fingerprint density at radius 2 is 1.71 bits per heavy atom. The van der Waals surface area contributed by atoms with Crippen molar-refractivity contribution in [1.82, 2.24) is 10.3 Å². The van der Waals surface area contributed by atoms with Crippen molar-refractivity contribution >= 4 is 11.6 Å². The van der Waals surface area contributed by atoms with E-state index >= 15 is 0 Å². The van der Waals surface area contributed by atoms with Crippen LogP contribution in [-0.2, 0) is 19.7 Å². The van der Waals surface area contributed by atoms with Crippen molar-refractivity contribution in [3.63, 3.8) is 0 Å². The van der Waals surface area contributed by atoms with E-state index in [0.29, 0.717) is 17.4 Å². The largest absolute Gasteiger partial charge is 0.487 e. The Morgan fingerprint density at radius 1 is 0.875 bits per heavy atom. The third-order valence-electron chi connectivity index (χ3n) is 3.59. The van der Waals surface area contributed by atoms with Crippen LogP contribution in [0.15, 0.2) is 72.9 Å². The molecular weight excluding hydrogens is 320 g/mol. The molecule has 24 heavy (non-hydrogen) atoms. The van der Waals surface area contributed by atoms with Crippen LogP contribution in [0.4, 0.5) is 0 Å². The topological polar surface area (TPSA) is 34.2 Å². The molecule has 0 saturated carbocycles. The number of hydrogen-bond donors (Lipinski definition) is 1. The van der Waals surface area contributed by atoms with Gasteiger partial charge in [-0.1, -0.05) is 54.1 Å². The molecule has 0 saturated heterocycles. The van der Waals surface area contributed by atoms with Gasteiger partial charge < -0.3 is 10.1 Å². The molecule has 1 heterocycles. The normalized spacial score (nSPS) is 10.5. The zero-order valence-corrected chi connectivity index (χ0v) is 14.0. The molecule has 3 rings (SSSR count). The summed E-state index contributed by atoms with van der Waals surface area (Å²) in [4.78, 5) is 4.29. The van der Waals surface area contributed by atoms with Crippen molar-refractivity contribution in [2.75, 3.05) is 0 Å². The van der Waals surface area contributed by atoms with E-state index in [-0.39, 0.29) is 0 Å². The van der Waals surface area contributed by atoms with E-state index < -0.39 is 0 Å². The molecule has 4 heteroatoms. The van der Waals surface area contributed by atoms with Gasteiger partial charge in [-0.2, -0.15) is 0 Å². The van der Waals surface area contributed by atoms with Gasteiger partial charge in [0, 0.05) is 19.3 Å². The fraction of sp³-hybridized carbons (Fsp3) is 0.150. The first-order valence-electron chi connectivity index (χ1n) is 7.87. The third kappa shape index (κ3) is 4.82. The smallest absolute Gasteiger partial charge is 0.138 e. The number of rotatable bonds is 7. The SMILES string of the molecule is Clc1cc(CNCc2ccccn2)ccc1OCc1ccccc1. The Balaban J connectivity index is 1.52. The molecule has 0 spiro atoms. The second kappa shape index (κ2) is 8.48. The van der Waals surface area contributed by atoms with Crippen molar-refractivity contribution < 1.29 is 4.74 Å². The maximum absolute atomic E-state index is 6.33. The molecule has 3 aromatic rings. The standard InChI is InChI=1S/C20H19ClN2O/c21-19-12-17(13-22-14-18-8-4-5-11-23-18)9-10-20(19)24-15-16-6-2-1-3-7-16/h1-12,22H,13-15H2. The number of hydrogen-bond acceptors (Lipinski definition) is 3. The molecule has 1 aromatic heterocycles. The van der Waals surface area contributed by atoms with Gasteiger partial charge in [-0.3, -0.25) is 4.98 Å². The first kappa shape index (κ1) is 16.5. The van der Waals surface area contributed by atoms with Crippen molar-refractivity contribution in [1.29, 1.82) is 0 Å². The molecule has 3 nitrogen and oxygen atoms in total. The van der Waals surface area contributed by atoms with E-state index in [0.717, 1.165) is 29.9 Å². The summed E-state index contributed by atoms with van der Waals surface area (Å²) in [5, 5.41) is 3.99. The molecule has 0 radical (unpaired) electrons. The number of halogens is 1. The number of nitrogens with one attached hydrogen (secondary N) is 1. The van der Waals surface area contributed by atoms with Gasteiger partial charge in [0.1, 0.15) is 12.4 Å². The maximum atomic E-state index is 6.33. The van der Waals surface area contributed by atoms with Crippen LogP contribution in [0.3, 0.4) is 0 Å². The second-order valence-corrected chi connectivity index (χ2v) is 5.87. The summed E-state index contributed by atoms with van der Waals surface area (Å²) < 4.78 is 5.79. The zero-order valence-electron chi connectivity index (χ0n) is 13.3. The highest BCUT2D eigenvalue weighted by molar-refractivity contribution is 6.32. The molecule has 0 unspecified atom stereocenters. The lowest BCUT2D eigenvalue weighted by Crippen LogP contribution is -2.13. The van der Waals surface area contributed by atoms with Gasteiger partial charge in [-0.25, -0.2) is 0 Å². The number of aromatic nitrogens is 1. The first-order valence-corrected chi connectivity index (χ1v) is 8.25. The van der Waals surface area contributed by atoms with Gasteiger partial charge in [0.15, 0.2) is 0 Å². The first-order chi connectivity index (χ1) is 11.8. The van der Waals surface area contributed by atoms with Crippen molar-refractivity contribution in [2.24, 2.45) is 0 Å². The molecule has 0 aliphatic rings. The van der Waals surface area contributed by atoms with Crippen LogP contribution in [-0.4, -0.2) is 4.98 Å². The molecule has 0 bridgehead atoms. The van der Waals surface area contributed by atoms with Gasteiger partial charge in [0.25, 0.3) is 0 Å². The number of nitrogens with zero attached hydrogens (tertiary/aromatic N) is 1. The van der Waals surface area contributed by atoms with Crippen LogP contribution in [0.2, 0.25) is 5.02 Å². The maximum Gasteiger partial charge on any atom is 0.138 e. The van der Waals surface area contributed by atoms with Gasteiger partial charge >= 0.3 is 0 Å². The fourth-order valence-electron chi connectivity index (χ4n) is 2.34. The lowest BCUT2D eigenvalue weighted by molar-refractivity contribution is 0.306. The molecule has 2 aromatic carbocycles. The van der Waals surface area contributed by atoms with Crippen LogP contribution in [0, 0.1) is 0 Å². The van der Waals surface area contributed by atoms with Crippen molar-refractivity contribution in [2.45, 2.75) is 19.7 Å². The summed E-state index contributed by atoms with van der Waals surface area (Å²) in [5.41, 5.74) is 3.25. The fourth-order valence-corrected chi connectivity index (χ4v) is 2.60. The average Bonchev–Trinajstić information content (AvgIpc) is 2.63. The Labute approximate surface area is 147 Å². The molecule has 0 aliphatic carbocycles. The number of pyridine rings is 1. The predicted octanol–water partition coefficient (Wildman–Crippen LogP) is 4.60. The minimum atomic E-state index is 0.512. The van der Waals surface area contributed by atoms with Gasteiger partial charge in [-0.15, -0.1) is 0 Å². The van der Waals surface area contributed by atoms with E-state index in [9.17, 15) is 0 Å². The van der Waals surface area contributed by atoms with Crippen LogP contribution in [0.5, 0.6) is 5.75 Å². The van der Waals surface area contributed by atoms with Crippen LogP contribution < -0.4 is 10.1 Å². The molecule has 0 fully saturated rings. The predicted molar refractivity (Wildman–Crippen MR) is 97.0 cm³/mol. The van der Waals surface area contributed by atoms with Crippen LogP contribution >= 0.6 is 11.6 Å². The lowest BCUT2D eigenvalue weighted by Gasteiger charge is -2.10. The molecule has 0 atom stereocenters. The van der Waals surface area contributed by atoms with E-state index in [1.807, 2.05) is 66.7 Å². The lowest BCUT2D eigenvalue weighted by atomic mass is 10.2. The Morgan fingerprint density at radius 3 is 2.46 bits per heavy atom. The summed E-state index contributed by atoms with van der Waals surface area (Å²) in [6, 6.07) is 21.8. The quantitative estimate of drug-likeness (QED) is 0.683. The molecule has 0 aliphatic heterocycles.